The van der Waals surface area contributed by atoms with Crippen LogP contribution in [0.2, 0.25) is 0 Å². The molecule has 0 aliphatic heterocycles. The molecule has 0 aliphatic rings. The van der Waals surface area contributed by atoms with Gasteiger partial charge in [-0.25, -0.2) is 13.2 Å². The highest BCUT2D eigenvalue weighted by atomic mass is 32.2. The van der Waals surface area contributed by atoms with E-state index in [2.05, 4.69) is 9.71 Å². The van der Waals surface area contributed by atoms with Crippen molar-refractivity contribution < 1.29 is 17.9 Å². The van der Waals surface area contributed by atoms with Crippen LogP contribution in [0.15, 0.2) is 47.4 Å². The summed E-state index contributed by atoms with van der Waals surface area (Å²) in [5.41, 5.74) is 3.19. The average molecular weight is 372 g/mol. The zero-order valence-electron chi connectivity index (χ0n) is 14.8. The topological polar surface area (TPSA) is 88.3 Å². The first kappa shape index (κ1) is 18.0. The second-order valence-corrected chi connectivity index (χ2v) is 7.71. The molecule has 6 nitrogen and oxygen atoms in total. The predicted molar refractivity (Wildman–Crippen MR) is 101 cm³/mol. The third kappa shape index (κ3) is 3.43. The molecule has 0 radical (unpaired) electrons. The van der Waals surface area contributed by atoms with E-state index in [1.165, 1.54) is 0 Å². The number of ether oxygens (including phenoxy) is 1. The Balaban J connectivity index is 1.99. The van der Waals surface area contributed by atoms with E-state index in [1.54, 1.807) is 56.3 Å². The molecule has 0 saturated heterocycles. The van der Waals surface area contributed by atoms with E-state index in [4.69, 9.17) is 4.74 Å². The van der Waals surface area contributed by atoms with Gasteiger partial charge in [-0.3, -0.25) is 4.72 Å². The number of sulfonamides is 1. The maximum atomic E-state index is 12.6. The van der Waals surface area contributed by atoms with Crippen molar-refractivity contribution in [2.24, 2.45) is 0 Å². The third-order valence-electron chi connectivity index (χ3n) is 4.05. The van der Waals surface area contributed by atoms with E-state index in [1.807, 2.05) is 6.92 Å². The van der Waals surface area contributed by atoms with E-state index in [-0.39, 0.29) is 11.5 Å². The number of carbonyl (C=O) groups is 1. The van der Waals surface area contributed by atoms with Crippen LogP contribution < -0.4 is 4.72 Å². The van der Waals surface area contributed by atoms with Crippen molar-refractivity contribution in [1.29, 1.82) is 0 Å². The van der Waals surface area contributed by atoms with Gasteiger partial charge < -0.3 is 9.72 Å². The molecule has 0 aliphatic carbocycles. The number of benzene rings is 2. The van der Waals surface area contributed by atoms with E-state index < -0.39 is 16.0 Å². The monoisotopic (exact) mass is 372 g/mol. The number of aryl methyl sites for hydroxylation is 2. The van der Waals surface area contributed by atoms with Crippen LogP contribution in [-0.2, 0) is 14.8 Å². The van der Waals surface area contributed by atoms with Crippen LogP contribution in [0.1, 0.15) is 28.5 Å². The molecule has 136 valence electrons. The Bertz CT molecular complexity index is 1070. The average Bonchev–Trinajstić information content (AvgIpc) is 2.90. The Morgan fingerprint density at radius 2 is 1.81 bits per heavy atom. The number of nitrogens with one attached hydrogen (secondary N) is 2. The molecule has 2 aromatic carbocycles. The summed E-state index contributed by atoms with van der Waals surface area (Å²) in [6.45, 7) is 5.68. The molecular weight excluding hydrogens is 352 g/mol. The summed E-state index contributed by atoms with van der Waals surface area (Å²) in [6.07, 6.45) is 0. The fraction of sp³-hybridized carbons (Fsp3) is 0.211. The minimum Gasteiger partial charge on any atom is -0.462 e. The number of H-pyrrole nitrogens is 1. The second kappa shape index (κ2) is 6.84. The maximum Gasteiger partial charge on any atom is 0.340 e. The maximum absolute atomic E-state index is 12.6. The highest BCUT2D eigenvalue weighted by Gasteiger charge is 2.19. The van der Waals surface area contributed by atoms with Gasteiger partial charge in [-0.15, -0.1) is 0 Å². The fourth-order valence-corrected chi connectivity index (χ4v) is 3.84. The number of rotatable bonds is 5. The lowest BCUT2D eigenvalue weighted by Gasteiger charge is -2.09. The van der Waals surface area contributed by atoms with Gasteiger partial charge in [0.1, 0.15) is 0 Å². The molecule has 2 N–H and O–H groups in total. The lowest BCUT2D eigenvalue weighted by Crippen LogP contribution is -2.13. The van der Waals surface area contributed by atoms with Gasteiger partial charge in [-0.2, -0.15) is 0 Å². The van der Waals surface area contributed by atoms with Crippen LogP contribution >= 0.6 is 0 Å². The number of carbonyl (C=O) groups excluding carboxylic acids is 1. The van der Waals surface area contributed by atoms with Crippen molar-refractivity contribution in [3.8, 4) is 0 Å². The summed E-state index contributed by atoms with van der Waals surface area (Å²) >= 11 is 0. The van der Waals surface area contributed by atoms with Crippen LogP contribution in [0.25, 0.3) is 10.9 Å². The van der Waals surface area contributed by atoms with Crippen LogP contribution in [0.4, 0.5) is 5.69 Å². The summed E-state index contributed by atoms with van der Waals surface area (Å²) in [5, 5.41) is 0.616. The number of aromatic amines is 1. The van der Waals surface area contributed by atoms with E-state index in [9.17, 15) is 13.2 Å². The van der Waals surface area contributed by atoms with Gasteiger partial charge in [-0.1, -0.05) is 17.7 Å². The quantitative estimate of drug-likeness (QED) is 0.668. The summed E-state index contributed by atoms with van der Waals surface area (Å²) in [4.78, 5) is 15.5. The summed E-state index contributed by atoms with van der Waals surface area (Å²) in [6, 6.07) is 11.6. The van der Waals surface area contributed by atoms with Gasteiger partial charge in [0.15, 0.2) is 0 Å². The Morgan fingerprint density at radius 3 is 2.46 bits per heavy atom. The smallest absolute Gasteiger partial charge is 0.340 e. The molecule has 0 saturated carbocycles. The lowest BCUT2D eigenvalue weighted by molar-refractivity contribution is 0.0528. The normalized spacial score (nSPS) is 11.5. The molecule has 3 aromatic rings. The Hall–Kier alpha value is -2.80. The van der Waals surface area contributed by atoms with Crippen molar-refractivity contribution in [2.75, 3.05) is 11.3 Å². The highest BCUT2D eigenvalue weighted by Crippen LogP contribution is 2.27. The predicted octanol–water partition coefficient (Wildman–Crippen LogP) is 3.76. The van der Waals surface area contributed by atoms with Crippen LogP contribution in [-0.4, -0.2) is 26.0 Å². The van der Waals surface area contributed by atoms with Gasteiger partial charge in [0, 0.05) is 22.3 Å². The molecule has 0 spiro atoms. The second-order valence-electron chi connectivity index (χ2n) is 6.02. The van der Waals surface area contributed by atoms with E-state index >= 15 is 0 Å². The Morgan fingerprint density at radius 1 is 1.12 bits per heavy atom. The number of anilines is 1. The van der Waals surface area contributed by atoms with Gasteiger partial charge in [0.05, 0.1) is 17.1 Å². The number of fused-ring (bicyclic) bond motifs is 1. The van der Waals surface area contributed by atoms with Gasteiger partial charge in [-0.05, 0) is 51.1 Å². The SMILES string of the molecule is CCOC(=O)c1c(C)[nH]c2ccc(NS(=O)(=O)c3ccc(C)cc3)cc12. The minimum absolute atomic E-state index is 0.180. The zero-order chi connectivity index (χ0) is 18.9. The summed E-state index contributed by atoms with van der Waals surface area (Å²) < 4.78 is 32.8. The van der Waals surface area contributed by atoms with Crippen LogP contribution in [0, 0.1) is 13.8 Å². The van der Waals surface area contributed by atoms with Crippen molar-refractivity contribution in [3.05, 3.63) is 59.3 Å². The molecule has 0 amide bonds. The van der Waals surface area contributed by atoms with Crippen LogP contribution in [0.5, 0.6) is 0 Å². The molecule has 1 heterocycles. The molecule has 7 heteroatoms. The largest absolute Gasteiger partial charge is 0.462 e. The Kier molecular flexibility index (Phi) is 4.73. The highest BCUT2D eigenvalue weighted by molar-refractivity contribution is 7.92. The van der Waals surface area contributed by atoms with E-state index in [0.29, 0.717) is 22.3 Å². The number of esters is 1. The van der Waals surface area contributed by atoms with Crippen molar-refractivity contribution in [3.63, 3.8) is 0 Å². The molecule has 0 atom stereocenters. The first-order valence-corrected chi connectivity index (χ1v) is 9.69. The van der Waals surface area contributed by atoms with Gasteiger partial charge >= 0.3 is 5.97 Å². The van der Waals surface area contributed by atoms with E-state index in [0.717, 1.165) is 11.1 Å². The molecule has 0 fully saturated rings. The molecular formula is C19H20N2O4S. The molecule has 0 bridgehead atoms. The fourth-order valence-electron chi connectivity index (χ4n) is 2.79. The van der Waals surface area contributed by atoms with Crippen molar-refractivity contribution >= 4 is 32.6 Å². The van der Waals surface area contributed by atoms with Crippen LogP contribution in [0.3, 0.4) is 0 Å². The number of hydrogen-bond acceptors (Lipinski definition) is 4. The third-order valence-corrected chi connectivity index (χ3v) is 5.45. The molecule has 26 heavy (non-hydrogen) atoms. The van der Waals surface area contributed by atoms with Gasteiger partial charge in [0.2, 0.25) is 0 Å². The minimum atomic E-state index is -3.71. The number of aromatic nitrogens is 1. The zero-order valence-corrected chi connectivity index (χ0v) is 15.6. The summed E-state index contributed by atoms with van der Waals surface area (Å²) in [7, 11) is -3.71. The molecule has 0 unspecified atom stereocenters. The Labute approximate surface area is 152 Å². The number of hydrogen-bond donors (Lipinski definition) is 2. The van der Waals surface area contributed by atoms with Crippen molar-refractivity contribution in [1.82, 2.24) is 4.98 Å². The molecule has 1 aromatic heterocycles. The first-order valence-electron chi connectivity index (χ1n) is 8.21. The summed E-state index contributed by atoms with van der Waals surface area (Å²) in [5.74, 6) is -0.435. The lowest BCUT2D eigenvalue weighted by atomic mass is 10.1. The van der Waals surface area contributed by atoms with Gasteiger partial charge in [0.25, 0.3) is 10.0 Å². The van der Waals surface area contributed by atoms with Crippen molar-refractivity contribution in [2.45, 2.75) is 25.7 Å². The molecule has 3 rings (SSSR count). The first-order chi connectivity index (χ1) is 12.3. The standard InChI is InChI=1S/C19H20N2O4S/c1-4-25-19(22)18-13(3)20-17-10-7-14(11-16(17)18)21-26(23,24)15-8-5-12(2)6-9-15/h5-11,20-21H,4H2,1-3H3.